The predicted molar refractivity (Wildman–Crippen MR) is 505 cm³/mol. The lowest BCUT2D eigenvalue weighted by Gasteiger charge is -2.46. The summed E-state index contributed by atoms with van der Waals surface area (Å²) in [6, 6.07) is -3.38. The summed E-state index contributed by atoms with van der Waals surface area (Å²) in [4.78, 5) is 106. The van der Waals surface area contributed by atoms with Crippen molar-refractivity contribution < 1.29 is 101 Å². The van der Waals surface area contributed by atoms with Gasteiger partial charge in [-0.25, -0.2) is 4.57 Å². The number of nitrogens with one attached hydrogen (secondary N) is 2. The predicted octanol–water partition coefficient (Wildman–Crippen LogP) is 24.6. The number of esters is 4. The van der Waals surface area contributed by atoms with Gasteiger partial charge < -0.3 is 74.0 Å². The zero-order valence-corrected chi connectivity index (χ0v) is 82.1. The van der Waals surface area contributed by atoms with Crippen LogP contribution in [0.1, 0.15) is 523 Å². The van der Waals surface area contributed by atoms with Gasteiger partial charge in [-0.15, -0.1) is 0 Å². The van der Waals surface area contributed by atoms with Crippen LogP contribution in [0.2, 0.25) is 0 Å². The molecule has 0 radical (unpaired) electrons. The fraction of sp³-hybridized carbons (Fsp3) is 0.941. The van der Waals surface area contributed by atoms with Crippen LogP contribution >= 0.6 is 7.82 Å². The first-order valence-electron chi connectivity index (χ1n) is 52.9. The summed E-state index contributed by atoms with van der Waals surface area (Å²) in [5.41, 5.74) is 0. The molecule has 0 aromatic heterocycles. The third-order valence-electron chi connectivity index (χ3n) is 25.6. The first-order chi connectivity index (χ1) is 61.2. The molecule has 2 saturated heterocycles. The maximum Gasteiger partial charge on any atom is 0.470 e. The average molecular weight is 1810 g/mol. The molecule has 2 aliphatic rings. The number of aliphatic hydroxyl groups is 4. The Morgan fingerprint density at radius 3 is 0.857 bits per heavy atom. The van der Waals surface area contributed by atoms with E-state index in [1.807, 2.05) is 0 Å². The summed E-state index contributed by atoms with van der Waals surface area (Å²) in [5, 5.41) is 52.0. The number of carbonyl (C=O) groups is 6. The molecule has 0 unspecified atom stereocenters. The van der Waals surface area contributed by atoms with Crippen LogP contribution in [0.5, 0.6) is 0 Å². The summed E-state index contributed by atoms with van der Waals surface area (Å²) in [5.74, 6) is -3.83. The van der Waals surface area contributed by atoms with Crippen molar-refractivity contribution in [2.24, 2.45) is 0 Å². The molecule has 0 aromatic carbocycles. The van der Waals surface area contributed by atoms with E-state index in [-0.39, 0.29) is 32.1 Å². The van der Waals surface area contributed by atoms with Gasteiger partial charge in [0.25, 0.3) is 0 Å². The molecule has 2 rings (SSSR count). The molecule has 0 spiro atoms. The topological polar surface area (TPSA) is 339 Å². The first-order valence-corrected chi connectivity index (χ1v) is 54.4. The largest absolute Gasteiger partial charge is 0.470 e. The molecule has 742 valence electrons. The van der Waals surface area contributed by atoms with Gasteiger partial charge in [0.2, 0.25) is 11.8 Å². The van der Waals surface area contributed by atoms with Gasteiger partial charge in [-0.2, -0.15) is 0 Å². The third kappa shape index (κ3) is 65.3. The van der Waals surface area contributed by atoms with E-state index in [1.54, 1.807) is 0 Å². The first kappa shape index (κ1) is 119. The van der Waals surface area contributed by atoms with Gasteiger partial charge in [0.05, 0.1) is 32.5 Å². The SMILES string of the molecule is CCCCCCCCCCCCCCCCCC(=O)O[C@H](CCCCCCCCCCC)CC(=O)N[C@@H]1[C@H](OC[C@H]2O[C@H](O)[C@@H](NC(=O)C[C@@H](CCCCCCCCCCC)OC(=O)CCCCCCCCCCCCCCC)[C@@H](O)[C@@H]2O)O[C@H](CO)[C@@H](OP(=O)(O)O)[C@@H]1OC(=O)C[C@@H](CCCCCCCCCCC)OC(=O)CCCCCCCCCCCCC. The van der Waals surface area contributed by atoms with Crippen LogP contribution in [0.15, 0.2) is 0 Å². The van der Waals surface area contributed by atoms with E-state index < -0.39 is 149 Å². The Balaban J connectivity index is 2.56. The second-order valence-electron chi connectivity index (χ2n) is 37.6. The van der Waals surface area contributed by atoms with E-state index in [4.69, 9.17) is 37.7 Å². The maximum absolute atomic E-state index is 15.1. The van der Waals surface area contributed by atoms with Crippen LogP contribution in [0.3, 0.4) is 0 Å². The van der Waals surface area contributed by atoms with Crippen molar-refractivity contribution in [3.63, 3.8) is 0 Å². The van der Waals surface area contributed by atoms with Crippen LogP contribution in [0, 0.1) is 0 Å². The van der Waals surface area contributed by atoms with Crippen molar-refractivity contribution in [3.8, 4) is 0 Å². The lowest BCUT2D eigenvalue weighted by Crippen LogP contribution is -2.67. The summed E-state index contributed by atoms with van der Waals surface area (Å²) >= 11 is 0. The van der Waals surface area contributed by atoms with Gasteiger partial charge in [-0.1, -0.05) is 427 Å². The molecule has 2 heterocycles. The smallest absolute Gasteiger partial charge is 0.462 e. The maximum atomic E-state index is 15.1. The Hall–Kier alpha value is -3.35. The molecule has 0 aromatic rings. The number of ether oxygens (including phenoxy) is 7. The van der Waals surface area contributed by atoms with Crippen LogP contribution in [0.25, 0.3) is 0 Å². The fourth-order valence-electron chi connectivity index (χ4n) is 17.7. The van der Waals surface area contributed by atoms with Crippen molar-refractivity contribution in [2.75, 3.05) is 13.2 Å². The van der Waals surface area contributed by atoms with Crippen molar-refractivity contribution in [3.05, 3.63) is 0 Å². The van der Waals surface area contributed by atoms with Crippen LogP contribution < -0.4 is 10.6 Å². The van der Waals surface area contributed by atoms with Gasteiger partial charge in [-0.3, -0.25) is 33.3 Å². The van der Waals surface area contributed by atoms with Crippen LogP contribution in [0.4, 0.5) is 0 Å². The second-order valence-corrected chi connectivity index (χ2v) is 38.8. The van der Waals surface area contributed by atoms with Crippen molar-refractivity contribution >= 4 is 43.5 Å². The molecule has 13 atom stereocenters. The summed E-state index contributed by atoms with van der Waals surface area (Å²) in [6.07, 6.45) is 54.9. The summed E-state index contributed by atoms with van der Waals surface area (Å²) in [6.45, 7) is 11.5. The highest BCUT2D eigenvalue weighted by atomic mass is 31.2. The molecule has 8 N–H and O–H groups in total. The monoisotopic (exact) mass is 1810 g/mol. The number of phosphoric ester groups is 1. The number of hydrogen-bond acceptors (Lipinski definition) is 19. The number of carbonyl (C=O) groups excluding carboxylic acids is 6. The molecular formula is C102H193N2O21P. The Bertz CT molecular complexity index is 2620. The van der Waals surface area contributed by atoms with Gasteiger partial charge in [0, 0.05) is 19.3 Å². The number of phosphoric acid groups is 1. The number of amides is 2. The molecule has 0 bridgehead atoms. The Morgan fingerprint density at radius 2 is 0.579 bits per heavy atom. The van der Waals surface area contributed by atoms with E-state index in [9.17, 15) is 58.8 Å². The number of aliphatic hydroxyl groups excluding tert-OH is 4. The number of rotatable bonds is 90. The van der Waals surface area contributed by atoms with Gasteiger partial charge in [0.1, 0.15) is 60.9 Å². The van der Waals surface area contributed by atoms with E-state index in [0.717, 1.165) is 173 Å². The molecule has 126 heavy (non-hydrogen) atoms. The Kier molecular flexibility index (Phi) is 77.6. The molecule has 0 aliphatic carbocycles. The highest BCUT2D eigenvalue weighted by molar-refractivity contribution is 7.46. The van der Waals surface area contributed by atoms with E-state index in [0.29, 0.717) is 51.4 Å². The van der Waals surface area contributed by atoms with Gasteiger partial charge in [0.15, 0.2) is 18.7 Å². The average Bonchev–Trinajstić information content (AvgIpc) is 0.775. The third-order valence-corrected chi connectivity index (χ3v) is 26.1. The molecule has 24 heteroatoms. The molecule has 2 amide bonds. The minimum atomic E-state index is -5.59. The van der Waals surface area contributed by atoms with Crippen molar-refractivity contribution in [1.82, 2.24) is 10.6 Å². The molecule has 23 nitrogen and oxygen atoms in total. The lowest BCUT2D eigenvalue weighted by atomic mass is 9.95. The zero-order chi connectivity index (χ0) is 92.0. The van der Waals surface area contributed by atoms with Crippen LogP contribution in [-0.4, -0.2) is 159 Å². The standard InChI is InChI=1S/C102H193N2O21P/c1-7-13-19-25-31-37-40-42-43-45-48-54-60-65-71-77-92(109)120-85(74-68-62-56-50-35-29-23-17-11-5)80-90(107)104-96-100(124-94(111)81-86(75-69-63-57-51-36-30-24-18-12-6)121-93(110)78-72-66-58-52-46-39-33-27-21-15-9-3)99(125-126(115,116)117)87(82-105)123-102(96)118-83-88-97(112)98(113)95(101(114)122-88)103-89(106)79-84(73-67-61-55-49-34-28-22-16-10-4)119-91(108)76-70-64-59-53-47-44-41-38-32-26-20-14-8-2/h84-88,95-102,105,112-114H,7-83H2,1-6H3,(H,103,106)(H,104,107)(H2,115,116,117)/t84-,85-,86-,87-,88-,95+,96+,97-,98-,99-,100-,101+,102-/m1/s1. The van der Waals surface area contributed by atoms with Crippen LogP contribution in [-0.2, 0) is 71.0 Å². The minimum absolute atomic E-state index is 0.125. The molecule has 2 aliphatic heterocycles. The lowest BCUT2D eigenvalue weighted by molar-refractivity contribution is -0.297. The van der Waals surface area contributed by atoms with Crippen molar-refractivity contribution in [2.45, 2.75) is 603 Å². The highest BCUT2D eigenvalue weighted by Gasteiger charge is 2.53. The van der Waals surface area contributed by atoms with E-state index in [2.05, 4.69) is 52.2 Å². The Morgan fingerprint density at radius 1 is 0.317 bits per heavy atom. The van der Waals surface area contributed by atoms with Gasteiger partial charge >= 0.3 is 31.7 Å². The number of hydrogen-bond donors (Lipinski definition) is 8. The Labute approximate surface area is 767 Å². The second kappa shape index (κ2) is 82.3. The molecule has 2 fully saturated rings. The minimum Gasteiger partial charge on any atom is -0.462 e. The van der Waals surface area contributed by atoms with Gasteiger partial charge in [-0.05, 0) is 57.8 Å². The van der Waals surface area contributed by atoms with E-state index >= 15 is 4.79 Å². The van der Waals surface area contributed by atoms with E-state index in [1.165, 1.54) is 212 Å². The normalized spacial score (nSPS) is 19.8. The molecule has 0 saturated carbocycles. The molecular weight excluding hydrogens is 1620 g/mol. The quantitative estimate of drug-likeness (QED) is 0.0121. The number of unbranched alkanes of at least 4 members (excludes halogenated alkanes) is 60. The van der Waals surface area contributed by atoms with Crippen molar-refractivity contribution in [1.29, 1.82) is 0 Å². The zero-order valence-electron chi connectivity index (χ0n) is 81.2. The summed E-state index contributed by atoms with van der Waals surface area (Å²) in [7, 11) is -5.59. The summed E-state index contributed by atoms with van der Waals surface area (Å²) < 4.78 is 61.7. The highest BCUT2D eigenvalue weighted by Crippen LogP contribution is 2.43. The fourth-order valence-corrected chi connectivity index (χ4v) is 18.3.